The van der Waals surface area contributed by atoms with Crippen molar-refractivity contribution in [2.24, 2.45) is 0 Å². The molecule has 21 heavy (non-hydrogen) atoms. The fraction of sp³-hybridized carbons (Fsp3) is 0.267. The molecule has 6 heteroatoms. The summed E-state index contributed by atoms with van der Waals surface area (Å²) in [5.41, 5.74) is 1.78. The zero-order valence-electron chi connectivity index (χ0n) is 11.2. The molecular formula is C15H13N3O2S. The Morgan fingerprint density at radius 3 is 2.95 bits per heavy atom. The van der Waals surface area contributed by atoms with Crippen LogP contribution in [-0.2, 0) is 6.54 Å². The largest absolute Gasteiger partial charge is 0.478 e. The topological polar surface area (TPSA) is 68.0 Å². The molecule has 2 heterocycles. The first-order valence-corrected chi connectivity index (χ1v) is 7.73. The molecule has 5 nitrogen and oxygen atoms in total. The van der Waals surface area contributed by atoms with Crippen molar-refractivity contribution in [1.29, 1.82) is 0 Å². The normalized spacial score (nSPS) is 14.7. The molecule has 1 aliphatic carbocycles. The molecule has 106 valence electrons. The van der Waals surface area contributed by atoms with Crippen LogP contribution in [0.2, 0.25) is 0 Å². The van der Waals surface area contributed by atoms with E-state index in [1.807, 2.05) is 16.0 Å². The number of hydrogen-bond acceptors (Lipinski definition) is 4. The number of hydrogen-bond donors (Lipinski definition) is 1. The fourth-order valence-corrected chi connectivity index (χ4v) is 3.26. The molecule has 0 unspecified atom stereocenters. The van der Waals surface area contributed by atoms with Crippen molar-refractivity contribution in [3.05, 3.63) is 46.2 Å². The number of fused-ring (bicyclic) bond motifs is 1. The van der Waals surface area contributed by atoms with Crippen LogP contribution >= 0.6 is 11.3 Å². The second-order valence-corrected chi connectivity index (χ2v) is 6.21. The number of imidazole rings is 1. The highest BCUT2D eigenvalue weighted by molar-refractivity contribution is 7.09. The Balaban J connectivity index is 1.95. The van der Waals surface area contributed by atoms with Gasteiger partial charge in [-0.1, -0.05) is 6.07 Å². The fourth-order valence-electron chi connectivity index (χ4n) is 2.66. The van der Waals surface area contributed by atoms with Gasteiger partial charge in [0.25, 0.3) is 0 Å². The molecule has 1 saturated carbocycles. The van der Waals surface area contributed by atoms with E-state index >= 15 is 0 Å². The second kappa shape index (κ2) is 4.66. The van der Waals surface area contributed by atoms with Gasteiger partial charge in [0.1, 0.15) is 10.8 Å². The third-order valence-corrected chi connectivity index (χ3v) is 4.51. The Labute approximate surface area is 124 Å². The van der Waals surface area contributed by atoms with E-state index in [4.69, 9.17) is 0 Å². The smallest absolute Gasteiger partial charge is 0.337 e. The van der Waals surface area contributed by atoms with Crippen molar-refractivity contribution in [3.8, 4) is 0 Å². The minimum absolute atomic E-state index is 0.309. The lowest BCUT2D eigenvalue weighted by Crippen LogP contribution is -2.07. The summed E-state index contributed by atoms with van der Waals surface area (Å²) in [4.78, 5) is 20.5. The third kappa shape index (κ3) is 2.12. The average molecular weight is 299 g/mol. The maximum Gasteiger partial charge on any atom is 0.337 e. The van der Waals surface area contributed by atoms with E-state index in [2.05, 4.69) is 9.97 Å². The van der Waals surface area contributed by atoms with E-state index in [1.165, 1.54) is 0 Å². The van der Waals surface area contributed by atoms with Gasteiger partial charge in [-0.05, 0) is 25.0 Å². The number of carbonyl (C=O) groups is 1. The van der Waals surface area contributed by atoms with Gasteiger partial charge in [-0.2, -0.15) is 0 Å². The summed E-state index contributed by atoms with van der Waals surface area (Å²) in [6, 6.07) is 5.27. The van der Waals surface area contributed by atoms with Gasteiger partial charge in [0.2, 0.25) is 0 Å². The Kier molecular flexibility index (Phi) is 2.78. The average Bonchev–Trinajstić information content (AvgIpc) is 3.07. The number of benzene rings is 1. The molecule has 0 aliphatic heterocycles. The van der Waals surface area contributed by atoms with Gasteiger partial charge in [-0.3, -0.25) is 0 Å². The highest BCUT2D eigenvalue weighted by atomic mass is 32.1. The first kappa shape index (κ1) is 12.5. The first-order chi connectivity index (χ1) is 10.2. The number of rotatable bonds is 4. The van der Waals surface area contributed by atoms with Crippen LogP contribution in [0.3, 0.4) is 0 Å². The molecule has 1 fully saturated rings. The minimum Gasteiger partial charge on any atom is -0.478 e. The van der Waals surface area contributed by atoms with Gasteiger partial charge in [-0.15, -0.1) is 11.3 Å². The van der Waals surface area contributed by atoms with Crippen LogP contribution in [-0.4, -0.2) is 25.6 Å². The molecule has 0 radical (unpaired) electrons. The molecular weight excluding hydrogens is 286 g/mol. The summed E-state index contributed by atoms with van der Waals surface area (Å²) >= 11 is 1.58. The van der Waals surface area contributed by atoms with E-state index in [9.17, 15) is 9.90 Å². The lowest BCUT2D eigenvalue weighted by Gasteiger charge is -2.08. The van der Waals surface area contributed by atoms with Gasteiger partial charge in [0, 0.05) is 17.5 Å². The van der Waals surface area contributed by atoms with Gasteiger partial charge < -0.3 is 9.67 Å². The number of thiazole rings is 1. The zero-order chi connectivity index (χ0) is 14.4. The SMILES string of the molecule is O=C(O)c1cccc2nc(C3CC3)n(Cc3nccs3)c12. The van der Waals surface area contributed by atoms with Crippen molar-refractivity contribution in [1.82, 2.24) is 14.5 Å². The quantitative estimate of drug-likeness (QED) is 0.803. The highest BCUT2D eigenvalue weighted by Crippen LogP contribution is 2.41. The maximum atomic E-state index is 11.5. The zero-order valence-corrected chi connectivity index (χ0v) is 12.0. The Hall–Kier alpha value is -2.21. The van der Waals surface area contributed by atoms with Crippen molar-refractivity contribution in [2.75, 3.05) is 0 Å². The van der Waals surface area contributed by atoms with Gasteiger partial charge in [-0.25, -0.2) is 14.8 Å². The molecule has 0 atom stereocenters. The van der Waals surface area contributed by atoms with Crippen LogP contribution in [0.25, 0.3) is 11.0 Å². The molecule has 1 aromatic carbocycles. The predicted molar refractivity (Wildman–Crippen MR) is 79.9 cm³/mol. The summed E-state index contributed by atoms with van der Waals surface area (Å²) in [6.45, 7) is 0.588. The number of carboxylic acid groups (broad SMARTS) is 1. The molecule has 4 rings (SSSR count). The van der Waals surface area contributed by atoms with Crippen molar-refractivity contribution < 1.29 is 9.90 Å². The molecule has 0 amide bonds. The van der Waals surface area contributed by atoms with Gasteiger partial charge in [0.05, 0.1) is 23.1 Å². The molecule has 1 aliphatic rings. The predicted octanol–water partition coefficient (Wildman–Crippen LogP) is 3.12. The monoisotopic (exact) mass is 299 g/mol. The number of aromatic nitrogens is 3. The second-order valence-electron chi connectivity index (χ2n) is 5.23. The van der Waals surface area contributed by atoms with Crippen LogP contribution < -0.4 is 0 Å². The van der Waals surface area contributed by atoms with E-state index in [0.29, 0.717) is 23.5 Å². The van der Waals surface area contributed by atoms with Gasteiger partial charge >= 0.3 is 5.97 Å². The van der Waals surface area contributed by atoms with E-state index in [-0.39, 0.29) is 0 Å². The summed E-state index contributed by atoms with van der Waals surface area (Å²) in [6.07, 6.45) is 4.03. The Bertz CT molecular complexity index is 819. The van der Waals surface area contributed by atoms with Crippen LogP contribution in [0.5, 0.6) is 0 Å². The van der Waals surface area contributed by atoms with Gasteiger partial charge in [0.15, 0.2) is 0 Å². The molecule has 1 N–H and O–H groups in total. The standard InChI is InChI=1S/C15H13N3O2S/c19-15(20)10-2-1-3-11-13(10)18(8-12-16-6-7-21-12)14(17-11)9-4-5-9/h1-3,6-7,9H,4-5,8H2,(H,19,20). The molecule has 3 aromatic rings. The lowest BCUT2D eigenvalue weighted by molar-refractivity contribution is 0.0698. The Morgan fingerprint density at radius 2 is 2.29 bits per heavy atom. The molecule has 0 saturated heterocycles. The minimum atomic E-state index is -0.914. The van der Waals surface area contributed by atoms with Crippen molar-refractivity contribution in [2.45, 2.75) is 25.3 Å². The lowest BCUT2D eigenvalue weighted by atomic mass is 10.2. The van der Waals surface area contributed by atoms with Crippen LogP contribution in [0.4, 0.5) is 0 Å². The summed E-state index contributed by atoms with van der Waals surface area (Å²) in [7, 11) is 0. The Morgan fingerprint density at radius 1 is 1.43 bits per heavy atom. The molecule has 2 aromatic heterocycles. The van der Waals surface area contributed by atoms with Crippen LogP contribution in [0.1, 0.15) is 39.9 Å². The summed E-state index contributed by atoms with van der Waals surface area (Å²) in [5.74, 6) is 0.538. The van der Waals surface area contributed by atoms with Crippen molar-refractivity contribution in [3.63, 3.8) is 0 Å². The van der Waals surface area contributed by atoms with E-state index in [1.54, 1.807) is 29.7 Å². The number of para-hydroxylation sites is 1. The van der Waals surface area contributed by atoms with Crippen molar-refractivity contribution >= 4 is 28.3 Å². The molecule has 0 spiro atoms. The summed E-state index contributed by atoms with van der Waals surface area (Å²) < 4.78 is 2.04. The summed E-state index contributed by atoms with van der Waals surface area (Å²) in [5, 5.41) is 12.3. The molecule has 0 bridgehead atoms. The maximum absolute atomic E-state index is 11.5. The van der Waals surface area contributed by atoms with Crippen LogP contribution in [0, 0.1) is 0 Å². The van der Waals surface area contributed by atoms with E-state index in [0.717, 1.165) is 29.2 Å². The highest BCUT2D eigenvalue weighted by Gasteiger charge is 2.31. The number of carboxylic acids is 1. The number of aromatic carboxylic acids is 1. The first-order valence-electron chi connectivity index (χ1n) is 6.85. The van der Waals surface area contributed by atoms with Crippen LogP contribution in [0.15, 0.2) is 29.8 Å². The number of nitrogens with zero attached hydrogens (tertiary/aromatic N) is 3. The third-order valence-electron chi connectivity index (χ3n) is 3.75. The van der Waals surface area contributed by atoms with E-state index < -0.39 is 5.97 Å².